The minimum Gasteiger partial charge on any atom is -0.338 e. The van der Waals surface area contributed by atoms with Gasteiger partial charge < -0.3 is 4.90 Å². The van der Waals surface area contributed by atoms with Gasteiger partial charge in [0.25, 0.3) is 5.91 Å². The third-order valence-corrected chi connectivity index (χ3v) is 4.23. The number of likely N-dealkylation sites (tertiary alicyclic amines) is 1. The van der Waals surface area contributed by atoms with Crippen molar-refractivity contribution in [3.8, 4) is 0 Å². The molecular weight excluding hydrogens is 276 g/mol. The molecular formula is C17H22N4O. The Morgan fingerprint density at radius 3 is 3.05 bits per heavy atom. The summed E-state index contributed by atoms with van der Waals surface area (Å²) >= 11 is 0. The summed E-state index contributed by atoms with van der Waals surface area (Å²) in [5.74, 6) is 0.597. The smallest absolute Gasteiger partial charge is 0.257 e. The summed E-state index contributed by atoms with van der Waals surface area (Å²) in [6.07, 6.45) is 8.51. The normalized spacial score (nSPS) is 18.4. The van der Waals surface area contributed by atoms with E-state index in [4.69, 9.17) is 0 Å². The number of hydrogen-bond acceptors (Lipinski definition) is 3. The highest BCUT2D eigenvalue weighted by molar-refractivity contribution is 5.93. The lowest BCUT2D eigenvalue weighted by atomic mass is 9.93. The van der Waals surface area contributed by atoms with Gasteiger partial charge in [0.05, 0.1) is 11.8 Å². The predicted octanol–water partition coefficient (Wildman–Crippen LogP) is 2.39. The van der Waals surface area contributed by atoms with E-state index in [1.807, 2.05) is 36.4 Å². The highest BCUT2D eigenvalue weighted by Gasteiger charge is 2.25. The van der Waals surface area contributed by atoms with Crippen molar-refractivity contribution in [3.63, 3.8) is 0 Å². The van der Waals surface area contributed by atoms with E-state index in [-0.39, 0.29) is 5.91 Å². The van der Waals surface area contributed by atoms with E-state index in [2.05, 4.69) is 16.1 Å². The van der Waals surface area contributed by atoms with Gasteiger partial charge in [-0.05, 0) is 44.2 Å². The van der Waals surface area contributed by atoms with E-state index in [1.165, 1.54) is 0 Å². The van der Waals surface area contributed by atoms with E-state index in [0.717, 1.165) is 44.6 Å². The van der Waals surface area contributed by atoms with Gasteiger partial charge in [-0.2, -0.15) is 5.10 Å². The van der Waals surface area contributed by atoms with Crippen molar-refractivity contribution in [2.45, 2.75) is 32.7 Å². The molecule has 2 aromatic rings. The first-order valence-corrected chi connectivity index (χ1v) is 7.98. The molecule has 3 rings (SSSR count). The van der Waals surface area contributed by atoms with Gasteiger partial charge in [-0.25, -0.2) is 0 Å². The molecule has 1 aliphatic rings. The van der Waals surface area contributed by atoms with Crippen molar-refractivity contribution in [1.29, 1.82) is 0 Å². The van der Waals surface area contributed by atoms with Crippen LogP contribution in [0.2, 0.25) is 0 Å². The lowest BCUT2D eigenvalue weighted by molar-refractivity contribution is 0.0672. The highest BCUT2D eigenvalue weighted by Crippen LogP contribution is 2.21. The second-order valence-corrected chi connectivity index (χ2v) is 5.87. The van der Waals surface area contributed by atoms with Gasteiger partial charge >= 0.3 is 0 Å². The zero-order valence-corrected chi connectivity index (χ0v) is 13.0. The molecule has 0 spiro atoms. The zero-order valence-electron chi connectivity index (χ0n) is 13.0. The quantitative estimate of drug-likeness (QED) is 0.871. The number of piperidine rings is 1. The Labute approximate surface area is 131 Å². The lowest BCUT2D eigenvalue weighted by Crippen LogP contribution is -2.40. The van der Waals surface area contributed by atoms with Gasteiger partial charge in [0, 0.05) is 37.7 Å². The monoisotopic (exact) mass is 298 g/mol. The predicted molar refractivity (Wildman–Crippen MR) is 84.5 cm³/mol. The number of carbonyl (C=O) groups is 1. The largest absolute Gasteiger partial charge is 0.338 e. The van der Waals surface area contributed by atoms with Crippen LogP contribution < -0.4 is 0 Å². The first-order valence-electron chi connectivity index (χ1n) is 7.98. The standard InChI is InChI=1S/C17H22N4O/c1-2-21-13-15(11-19-21)17(22)20-9-5-6-14(12-20)10-16-7-3-4-8-18-16/h3-4,7-8,11,13-14H,2,5-6,9-10,12H2,1H3. The van der Waals surface area contributed by atoms with Crippen LogP contribution in [0.4, 0.5) is 0 Å². The molecule has 1 unspecified atom stereocenters. The molecule has 0 aliphatic carbocycles. The molecule has 1 fully saturated rings. The Morgan fingerprint density at radius 2 is 2.32 bits per heavy atom. The van der Waals surface area contributed by atoms with Gasteiger partial charge in [0.15, 0.2) is 0 Å². The van der Waals surface area contributed by atoms with Crippen molar-refractivity contribution in [1.82, 2.24) is 19.7 Å². The van der Waals surface area contributed by atoms with Crippen LogP contribution in [-0.4, -0.2) is 38.7 Å². The fourth-order valence-corrected chi connectivity index (χ4v) is 3.06. The molecule has 5 nitrogen and oxygen atoms in total. The third kappa shape index (κ3) is 3.35. The first kappa shape index (κ1) is 14.8. The average molecular weight is 298 g/mol. The molecule has 1 atom stereocenters. The van der Waals surface area contributed by atoms with Crippen LogP contribution in [0.5, 0.6) is 0 Å². The Hall–Kier alpha value is -2.17. The van der Waals surface area contributed by atoms with Gasteiger partial charge in [-0.15, -0.1) is 0 Å². The third-order valence-electron chi connectivity index (χ3n) is 4.23. The van der Waals surface area contributed by atoms with Gasteiger partial charge in [0.1, 0.15) is 0 Å². The topological polar surface area (TPSA) is 51.0 Å². The van der Waals surface area contributed by atoms with Crippen molar-refractivity contribution < 1.29 is 4.79 Å². The summed E-state index contributed by atoms with van der Waals surface area (Å²) in [7, 11) is 0. The molecule has 2 aromatic heterocycles. The Bertz CT molecular complexity index is 623. The number of hydrogen-bond donors (Lipinski definition) is 0. The lowest BCUT2D eigenvalue weighted by Gasteiger charge is -2.32. The summed E-state index contributed by atoms with van der Waals surface area (Å²) in [6, 6.07) is 6.02. The number of carbonyl (C=O) groups excluding carboxylic acids is 1. The van der Waals surface area contributed by atoms with E-state index in [9.17, 15) is 4.79 Å². The van der Waals surface area contributed by atoms with Crippen molar-refractivity contribution in [3.05, 3.63) is 48.0 Å². The minimum absolute atomic E-state index is 0.102. The maximum Gasteiger partial charge on any atom is 0.257 e. The van der Waals surface area contributed by atoms with Gasteiger partial charge in [-0.1, -0.05) is 6.07 Å². The molecule has 3 heterocycles. The molecule has 0 radical (unpaired) electrons. The average Bonchev–Trinajstić information content (AvgIpc) is 3.04. The van der Waals surface area contributed by atoms with Crippen LogP contribution in [0, 0.1) is 5.92 Å². The maximum absolute atomic E-state index is 12.6. The van der Waals surface area contributed by atoms with E-state index in [1.54, 1.807) is 10.9 Å². The highest BCUT2D eigenvalue weighted by atomic mass is 16.2. The molecule has 116 valence electrons. The Balaban J connectivity index is 1.63. The molecule has 1 aliphatic heterocycles. The van der Waals surface area contributed by atoms with E-state index in [0.29, 0.717) is 11.5 Å². The number of rotatable bonds is 4. The summed E-state index contributed by atoms with van der Waals surface area (Å²) < 4.78 is 1.79. The fraction of sp³-hybridized carbons (Fsp3) is 0.471. The maximum atomic E-state index is 12.6. The molecule has 1 amide bonds. The second-order valence-electron chi connectivity index (χ2n) is 5.87. The number of nitrogens with zero attached hydrogens (tertiary/aromatic N) is 4. The Morgan fingerprint density at radius 1 is 1.41 bits per heavy atom. The van der Waals surface area contributed by atoms with E-state index < -0.39 is 0 Å². The van der Waals surface area contributed by atoms with Crippen molar-refractivity contribution in [2.75, 3.05) is 13.1 Å². The van der Waals surface area contributed by atoms with Crippen molar-refractivity contribution >= 4 is 5.91 Å². The molecule has 5 heteroatoms. The second kappa shape index (κ2) is 6.73. The van der Waals surface area contributed by atoms with Gasteiger partial charge in [0.2, 0.25) is 0 Å². The molecule has 0 N–H and O–H groups in total. The van der Waals surface area contributed by atoms with Crippen LogP contribution in [0.15, 0.2) is 36.8 Å². The molecule has 0 bridgehead atoms. The molecule has 1 saturated heterocycles. The van der Waals surface area contributed by atoms with Crippen molar-refractivity contribution in [2.24, 2.45) is 5.92 Å². The summed E-state index contributed by atoms with van der Waals surface area (Å²) in [5, 5.41) is 4.20. The van der Waals surface area contributed by atoms with Crippen LogP contribution >= 0.6 is 0 Å². The Kier molecular flexibility index (Phi) is 4.51. The van der Waals surface area contributed by atoms with Crippen LogP contribution in [0.3, 0.4) is 0 Å². The summed E-state index contributed by atoms with van der Waals surface area (Å²) in [4.78, 5) is 18.9. The summed E-state index contributed by atoms with van der Waals surface area (Å²) in [5.41, 5.74) is 1.81. The molecule has 0 aromatic carbocycles. The zero-order chi connectivity index (χ0) is 15.4. The number of pyridine rings is 1. The van der Waals surface area contributed by atoms with Crippen LogP contribution in [0.1, 0.15) is 35.8 Å². The van der Waals surface area contributed by atoms with Crippen LogP contribution in [0.25, 0.3) is 0 Å². The summed E-state index contributed by atoms with van der Waals surface area (Å²) in [6.45, 7) is 4.46. The number of aromatic nitrogens is 3. The first-order chi connectivity index (χ1) is 10.8. The SMILES string of the molecule is CCn1cc(C(=O)N2CCCC(Cc3ccccn3)C2)cn1. The van der Waals surface area contributed by atoms with Crippen LogP contribution in [-0.2, 0) is 13.0 Å². The molecule has 22 heavy (non-hydrogen) atoms. The van der Waals surface area contributed by atoms with Gasteiger partial charge in [-0.3, -0.25) is 14.5 Å². The minimum atomic E-state index is 0.102. The van der Waals surface area contributed by atoms with E-state index >= 15 is 0 Å². The molecule has 0 saturated carbocycles. The number of aryl methyl sites for hydroxylation is 1. The number of amides is 1. The fourth-order valence-electron chi connectivity index (χ4n) is 3.06.